The first-order valence-corrected chi connectivity index (χ1v) is 5.17. The molecule has 2 atom stereocenters. The van der Waals surface area contributed by atoms with Crippen molar-refractivity contribution < 1.29 is 19.7 Å². The van der Waals surface area contributed by atoms with Crippen molar-refractivity contribution in [2.24, 2.45) is 5.92 Å². The van der Waals surface area contributed by atoms with Crippen LogP contribution in [0.15, 0.2) is 12.2 Å². The van der Waals surface area contributed by atoms with Crippen molar-refractivity contribution in [3.8, 4) is 0 Å². The summed E-state index contributed by atoms with van der Waals surface area (Å²) in [6, 6.07) is 0. The molecule has 0 aromatic rings. The van der Waals surface area contributed by atoms with Crippen molar-refractivity contribution in [3.05, 3.63) is 12.2 Å². The van der Waals surface area contributed by atoms with Gasteiger partial charge in [-0.05, 0) is 12.3 Å². The highest BCUT2D eigenvalue weighted by atomic mass is 16.5. The lowest BCUT2D eigenvalue weighted by Gasteiger charge is -2.14. The Kier molecular flexibility index (Phi) is 6.99. The molecule has 0 aromatic heterocycles. The molecule has 0 heterocycles. The molecule has 0 saturated carbocycles. The number of rotatable bonds is 7. The lowest BCUT2D eigenvalue weighted by Crippen LogP contribution is -2.23. The molecule has 0 aliphatic heterocycles. The summed E-state index contributed by atoms with van der Waals surface area (Å²) in [6.45, 7) is 7.00. The summed E-state index contributed by atoms with van der Waals surface area (Å²) in [5.74, 6) is -0.405. The minimum absolute atomic E-state index is 0.0915. The number of hydrogen-bond donors (Lipinski definition) is 2. The van der Waals surface area contributed by atoms with Gasteiger partial charge >= 0.3 is 5.97 Å². The second kappa shape index (κ2) is 7.43. The summed E-state index contributed by atoms with van der Waals surface area (Å²) < 4.78 is 4.78. The highest BCUT2D eigenvalue weighted by Crippen LogP contribution is 2.15. The van der Waals surface area contributed by atoms with E-state index in [9.17, 15) is 4.79 Å². The minimum Gasteiger partial charge on any atom is -0.459 e. The average Bonchev–Trinajstić information content (AvgIpc) is 2.24. The number of esters is 1. The van der Waals surface area contributed by atoms with Crippen LogP contribution in [0.3, 0.4) is 0 Å². The SMILES string of the molecule is C=C(C(=O)OCC(O)CO)C(C)CCC. The quantitative estimate of drug-likeness (QED) is 0.489. The van der Waals surface area contributed by atoms with E-state index in [-0.39, 0.29) is 12.5 Å². The van der Waals surface area contributed by atoms with Gasteiger partial charge in [0.1, 0.15) is 12.7 Å². The lowest BCUT2D eigenvalue weighted by molar-refractivity contribution is -0.143. The summed E-state index contributed by atoms with van der Waals surface area (Å²) in [5.41, 5.74) is 0.419. The summed E-state index contributed by atoms with van der Waals surface area (Å²) in [5, 5.41) is 17.5. The van der Waals surface area contributed by atoms with E-state index in [2.05, 4.69) is 6.58 Å². The van der Waals surface area contributed by atoms with Gasteiger partial charge in [-0.25, -0.2) is 4.79 Å². The average molecular weight is 216 g/mol. The van der Waals surface area contributed by atoms with Gasteiger partial charge in [-0.3, -0.25) is 0 Å². The Morgan fingerprint density at radius 1 is 1.53 bits per heavy atom. The predicted octanol–water partition coefficient (Wildman–Crippen LogP) is 0.875. The number of carbonyl (C=O) groups is 1. The maximum Gasteiger partial charge on any atom is 0.333 e. The molecule has 4 heteroatoms. The second-order valence-electron chi connectivity index (χ2n) is 3.65. The second-order valence-corrected chi connectivity index (χ2v) is 3.65. The van der Waals surface area contributed by atoms with Gasteiger partial charge in [-0.1, -0.05) is 26.8 Å². The Bertz CT molecular complexity index is 213. The van der Waals surface area contributed by atoms with E-state index in [4.69, 9.17) is 14.9 Å². The Labute approximate surface area is 90.6 Å². The molecule has 0 saturated heterocycles. The summed E-state index contributed by atoms with van der Waals surface area (Å²) in [7, 11) is 0. The molecule has 88 valence electrons. The molecular weight excluding hydrogens is 196 g/mol. The standard InChI is InChI=1S/C11H20O4/c1-4-5-8(2)9(3)11(14)15-7-10(13)6-12/h8,10,12-13H,3-7H2,1-2H3. The molecule has 0 rings (SSSR count). The van der Waals surface area contributed by atoms with Crippen molar-refractivity contribution in [2.75, 3.05) is 13.2 Å². The van der Waals surface area contributed by atoms with Crippen LogP contribution in [0.25, 0.3) is 0 Å². The van der Waals surface area contributed by atoms with Crippen LogP contribution < -0.4 is 0 Å². The van der Waals surface area contributed by atoms with Crippen molar-refractivity contribution in [3.63, 3.8) is 0 Å². The summed E-state index contributed by atoms with van der Waals surface area (Å²) >= 11 is 0. The van der Waals surface area contributed by atoms with E-state index in [0.29, 0.717) is 5.57 Å². The fourth-order valence-corrected chi connectivity index (χ4v) is 1.13. The molecule has 4 nitrogen and oxygen atoms in total. The molecule has 0 amide bonds. The Hall–Kier alpha value is -0.870. The van der Waals surface area contributed by atoms with Crippen molar-refractivity contribution in [2.45, 2.75) is 32.8 Å². The Morgan fingerprint density at radius 2 is 2.13 bits per heavy atom. The molecule has 0 radical (unpaired) electrons. The van der Waals surface area contributed by atoms with E-state index in [0.717, 1.165) is 12.8 Å². The highest BCUT2D eigenvalue weighted by molar-refractivity contribution is 5.88. The van der Waals surface area contributed by atoms with Crippen LogP contribution >= 0.6 is 0 Å². The predicted molar refractivity (Wildman–Crippen MR) is 57.3 cm³/mol. The van der Waals surface area contributed by atoms with E-state index >= 15 is 0 Å². The molecular formula is C11H20O4. The Morgan fingerprint density at radius 3 is 2.60 bits per heavy atom. The zero-order valence-electron chi connectivity index (χ0n) is 9.40. The normalized spacial score (nSPS) is 14.4. The summed E-state index contributed by atoms with van der Waals surface area (Å²) in [4.78, 5) is 11.4. The maximum atomic E-state index is 11.4. The largest absolute Gasteiger partial charge is 0.459 e. The number of ether oxygens (including phenoxy) is 1. The smallest absolute Gasteiger partial charge is 0.333 e. The third-order valence-electron chi connectivity index (χ3n) is 2.20. The van der Waals surface area contributed by atoms with Crippen molar-refractivity contribution >= 4 is 5.97 Å². The number of aliphatic hydroxyl groups is 2. The molecule has 0 bridgehead atoms. The Balaban J connectivity index is 3.94. The van der Waals surface area contributed by atoms with Gasteiger partial charge in [-0.15, -0.1) is 0 Å². The zero-order valence-corrected chi connectivity index (χ0v) is 9.40. The third-order valence-corrected chi connectivity index (χ3v) is 2.20. The van der Waals surface area contributed by atoms with Crippen LogP contribution in [0.1, 0.15) is 26.7 Å². The van der Waals surface area contributed by atoms with E-state index in [1.165, 1.54) is 0 Å². The minimum atomic E-state index is -1.01. The molecule has 15 heavy (non-hydrogen) atoms. The molecule has 0 aromatic carbocycles. The number of aliphatic hydroxyl groups excluding tert-OH is 2. The first kappa shape index (κ1) is 14.1. The van der Waals surface area contributed by atoms with Gasteiger partial charge in [-0.2, -0.15) is 0 Å². The summed E-state index contributed by atoms with van der Waals surface area (Å²) in [6.07, 6.45) is 0.853. The van der Waals surface area contributed by atoms with Gasteiger partial charge in [0.25, 0.3) is 0 Å². The fraction of sp³-hybridized carbons (Fsp3) is 0.727. The zero-order chi connectivity index (χ0) is 11.8. The van der Waals surface area contributed by atoms with Crippen LogP contribution in [0.4, 0.5) is 0 Å². The number of carbonyl (C=O) groups excluding carboxylic acids is 1. The van der Waals surface area contributed by atoms with Gasteiger partial charge in [0.2, 0.25) is 0 Å². The molecule has 0 aliphatic carbocycles. The van der Waals surface area contributed by atoms with Crippen LogP contribution in [-0.2, 0) is 9.53 Å². The van der Waals surface area contributed by atoms with E-state index in [1.54, 1.807) is 0 Å². The molecule has 0 aliphatic rings. The maximum absolute atomic E-state index is 11.4. The molecule has 2 unspecified atom stereocenters. The first-order valence-electron chi connectivity index (χ1n) is 5.17. The van der Waals surface area contributed by atoms with Crippen LogP contribution in [0, 0.1) is 5.92 Å². The highest BCUT2D eigenvalue weighted by Gasteiger charge is 2.16. The molecule has 0 fully saturated rings. The third kappa shape index (κ3) is 5.54. The van der Waals surface area contributed by atoms with Crippen LogP contribution in [-0.4, -0.2) is 35.5 Å². The van der Waals surface area contributed by atoms with Crippen LogP contribution in [0.2, 0.25) is 0 Å². The topological polar surface area (TPSA) is 66.8 Å². The molecule has 0 spiro atoms. The first-order chi connectivity index (χ1) is 7.02. The van der Waals surface area contributed by atoms with Gasteiger partial charge in [0, 0.05) is 5.57 Å². The van der Waals surface area contributed by atoms with E-state index in [1.807, 2.05) is 13.8 Å². The van der Waals surface area contributed by atoms with Crippen LogP contribution in [0.5, 0.6) is 0 Å². The van der Waals surface area contributed by atoms with Gasteiger partial charge in [0.15, 0.2) is 0 Å². The van der Waals surface area contributed by atoms with Gasteiger partial charge < -0.3 is 14.9 Å². The monoisotopic (exact) mass is 216 g/mol. The van der Waals surface area contributed by atoms with Gasteiger partial charge in [0.05, 0.1) is 6.61 Å². The number of hydrogen-bond acceptors (Lipinski definition) is 4. The molecule has 2 N–H and O–H groups in total. The van der Waals surface area contributed by atoms with Crippen molar-refractivity contribution in [1.29, 1.82) is 0 Å². The van der Waals surface area contributed by atoms with Crippen molar-refractivity contribution in [1.82, 2.24) is 0 Å². The fourth-order valence-electron chi connectivity index (χ4n) is 1.13. The lowest BCUT2D eigenvalue weighted by atomic mass is 9.98. The van der Waals surface area contributed by atoms with E-state index < -0.39 is 18.7 Å².